The van der Waals surface area contributed by atoms with Gasteiger partial charge in [-0.25, -0.2) is 0 Å². The molecule has 0 spiro atoms. The Labute approximate surface area is 161 Å². The van der Waals surface area contributed by atoms with Crippen molar-refractivity contribution in [2.45, 2.75) is 32.9 Å². The minimum Gasteiger partial charge on any atom is -0.494 e. The normalized spacial score (nSPS) is 13.6. The van der Waals surface area contributed by atoms with Crippen molar-refractivity contribution < 1.29 is 14.3 Å². The van der Waals surface area contributed by atoms with Crippen LogP contribution in [0, 0.1) is 0 Å². The van der Waals surface area contributed by atoms with E-state index >= 15 is 0 Å². The van der Waals surface area contributed by atoms with Gasteiger partial charge in [-0.3, -0.25) is 4.79 Å². The minimum atomic E-state index is 0.0703. The van der Waals surface area contributed by atoms with Gasteiger partial charge < -0.3 is 19.7 Å². The van der Waals surface area contributed by atoms with E-state index in [2.05, 4.69) is 11.4 Å². The summed E-state index contributed by atoms with van der Waals surface area (Å²) in [7, 11) is 0. The number of nitrogens with zero attached hydrogens (tertiary/aromatic N) is 1. The molecule has 2 aromatic rings. The van der Waals surface area contributed by atoms with Crippen LogP contribution in [0.1, 0.15) is 30.9 Å². The van der Waals surface area contributed by atoms with Crippen LogP contribution in [0.5, 0.6) is 11.5 Å². The number of likely N-dealkylation sites (tertiary alicyclic amines) is 1. The lowest BCUT2D eigenvalue weighted by atomic mass is 10.1. The van der Waals surface area contributed by atoms with Gasteiger partial charge in [0.1, 0.15) is 11.5 Å². The van der Waals surface area contributed by atoms with Crippen LogP contribution in [0.15, 0.2) is 48.5 Å². The molecule has 1 fully saturated rings. The highest BCUT2D eigenvalue weighted by Crippen LogP contribution is 2.20. The highest BCUT2D eigenvalue weighted by molar-refractivity contribution is 5.78. The summed E-state index contributed by atoms with van der Waals surface area (Å²) in [5.41, 5.74) is 2.17. The predicted octanol–water partition coefficient (Wildman–Crippen LogP) is 3.38. The Bertz CT molecular complexity index is 742. The van der Waals surface area contributed by atoms with Crippen molar-refractivity contribution >= 4 is 5.91 Å². The molecular weight excluding hydrogens is 340 g/mol. The highest BCUT2D eigenvalue weighted by atomic mass is 16.5. The molecule has 2 aromatic carbocycles. The number of ether oxygens (including phenoxy) is 2. The molecule has 0 aromatic heterocycles. The second-order valence-corrected chi connectivity index (χ2v) is 6.63. The van der Waals surface area contributed by atoms with E-state index in [1.807, 2.05) is 54.3 Å². The quantitative estimate of drug-likeness (QED) is 0.737. The number of amides is 1. The van der Waals surface area contributed by atoms with E-state index in [0.717, 1.165) is 48.6 Å². The number of carbonyl (C=O) groups excluding carboxylic acids is 1. The zero-order valence-electron chi connectivity index (χ0n) is 15.9. The summed E-state index contributed by atoms with van der Waals surface area (Å²) in [4.78, 5) is 14.1. The van der Waals surface area contributed by atoms with Crippen molar-refractivity contribution in [2.24, 2.45) is 0 Å². The van der Waals surface area contributed by atoms with Crippen molar-refractivity contribution in [3.8, 4) is 11.5 Å². The standard InChI is InChI=1S/C22H28N2O3/c1-2-26-20-11-5-3-9-18(20)15-23-16-19-10-4-6-12-21(19)27-17-22(25)24-13-7-8-14-24/h3-6,9-12,23H,2,7-8,13-17H2,1H3. The molecule has 3 rings (SSSR count). The molecule has 144 valence electrons. The predicted molar refractivity (Wildman–Crippen MR) is 106 cm³/mol. The lowest BCUT2D eigenvalue weighted by molar-refractivity contribution is -0.132. The first kappa shape index (κ1) is 19.2. The third-order valence-electron chi connectivity index (χ3n) is 4.69. The van der Waals surface area contributed by atoms with Crippen LogP contribution in [0.2, 0.25) is 0 Å². The molecular formula is C22H28N2O3. The fraction of sp³-hybridized carbons (Fsp3) is 0.409. The molecule has 27 heavy (non-hydrogen) atoms. The Morgan fingerprint density at radius 1 is 0.926 bits per heavy atom. The molecule has 0 saturated carbocycles. The maximum Gasteiger partial charge on any atom is 0.260 e. The summed E-state index contributed by atoms with van der Waals surface area (Å²) in [6, 6.07) is 15.9. The number of rotatable bonds is 9. The Morgan fingerprint density at radius 3 is 2.07 bits per heavy atom. The van der Waals surface area contributed by atoms with Gasteiger partial charge in [-0.2, -0.15) is 0 Å². The topological polar surface area (TPSA) is 50.8 Å². The van der Waals surface area contributed by atoms with Crippen molar-refractivity contribution in [2.75, 3.05) is 26.3 Å². The Kier molecular flexibility index (Phi) is 7.11. The van der Waals surface area contributed by atoms with E-state index < -0.39 is 0 Å². The van der Waals surface area contributed by atoms with Gasteiger partial charge in [0, 0.05) is 37.3 Å². The first-order valence-electron chi connectivity index (χ1n) is 9.68. The van der Waals surface area contributed by atoms with Crippen LogP contribution in [0.4, 0.5) is 0 Å². The van der Waals surface area contributed by atoms with E-state index in [1.54, 1.807) is 0 Å². The summed E-state index contributed by atoms with van der Waals surface area (Å²) in [6.45, 7) is 5.81. The lowest BCUT2D eigenvalue weighted by Crippen LogP contribution is -2.32. The number of hydrogen-bond donors (Lipinski definition) is 1. The summed E-state index contributed by atoms with van der Waals surface area (Å²) in [5, 5.41) is 3.44. The number of benzene rings is 2. The zero-order valence-corrected chi connectivity index (χ0v) is 15.9. The molecule has 5 heteroatoms. The first-order chi connectivity index (χ1) is 13.3. The smallest absolute Gasteiger partial charge is 0.260 e. The van der Waals surface area contributed by atoms with E-state index in [0.29, 0.717) is 19.7 Å². The fourth-order valence-corrected chi connectivity index (χ4v) is 3.27. The average Bonchev–Trinajstić information content (AvgIpc) is 3.23. The molecule has 1 saturated heterocycles. The molecule has 1 amide bonds. The van der Waals surface area contributed by atoms with Gasteiger partial charge in [0.05, 0.1) is 6.61 Å². The van der Waals surface area contributed by atoms with Gasteiger partial charge in [-0.05, 0) is 31.9 Å². The van der Waals surface area contributed by atoms with Crippen molar-refractivity contribution in [3.63, 3.8) is 0 Å². The third kappa shape index (κ3) is 5.47. The molecule has 1 aliphatic rings. The van der Waals surface area contributed by atoms with Gasteiger partial charge in [-0.15, -0.1) is 0 Å². The summed E-state index contributed by atoms with van der Waals surface area (Å²) in [6.07, 6.45) is 2.19. The molecule has 0 atom stereocenters. The maximum atomic E-state index is 12.2. The summed E-state index contributed by atoms with van der Waals surface area (Å²) in [5.74, 6) is 1.74. The number of hydrogen-bond acceptors (Lipinski definition) is 4. The second-order valence-electron chi connectivity index (χ2n) is 6.63. The molecule has 1 aliphatic heterocycles. The van der Waals surface area contributed by atoms with Crippen LogP contribution >= 0.6 is 0 Å². The highest BCUT2D eigenvalue weighted by Gasteiger charge is 2.18. The van der Waals surface area contributed by atoms with Crippen LogP contribution in [0.3, 0.4) is 0 Å². The van der Waals surface area contributed by atoms with Gasteiger partial charge in [0.25, 0.3) is 5.91 Å². The number of para-hydroxylation sites is 2. The van der Waals surface area contributed by atoms with Gasteiger partial charge in [0.15, 0.2) is 6.61 Å². The molecule has 1 heterocycles. The molecule has 1 N–H and O–H groups in total. The van der Waals surface area contributed by atoms with Gasteiger partial charge >= 0.3 is 0 Å². The van der Waals surface area contributed by atoms with Gasteiger partial charge in [-0.1, -0.05) is 36.4 Å². The van der Waals surface area contributed by atoms with Crippen molar-refractivity contribution in [1.29, 1.82) is 0 Å². The monoisotopic (exact) mass is 368 g/mol. The summed E-state index contributed by atoms with van der Waals surface area (Å²) >= 11 is 0. The van der Waals surface area contributed by atoms with E-state index in [1.165, 1.54) is 0 Å². The molecule has 0 aliphatic carbocycles. The van der Waals surface area contributed by atoms with Crippen molar-refractivity contribution in [3.05, 3.63) is 59.7 Å². The van der Waals surface area contributed by atoms with Crippen LogP contribution in [-0.4, -0.2) is 37.1 Å². The van der Waals surface area contributed by atoms with Crippen LogP contribution < -0.4 is 14.8 Å². The lowest BCUT2D eigenvalue weighted by Gasteiger charge is -2.17. The SMILES string of the molecule is CCOc1ccccc1CNCc1ccccc1OCC(=O)N1CCCC1. The Morgan fingerprint density at radius 2 is 1.48 bits per heavy atom. The van der Waals surface area contributed by atoms with E-state index in [9.17, 15) is 4.79 Å². The number of nitrogens with one attached hydrogen (secondary N) is 1. The van der Waals surface area contributed by atoms with Crippen LogP contribution in [0.25, 0.3) is 0 Å². The van der Waals surface area contributed by atoms with E-state index in [4.69, 9.17) is 9.47 Å². The first-order valence-corrected chi connectivity index (χ1v) is 9.68. The largest absolute Gasteiger partial charge is 0.494 e. The summed E-state index contributed by atoms with van der Waals surface area (Å²) < 4.78 is 11.5. The molecule has 5 nitrogen and oxygen atoms in total. The Balaban J connectivity index is 1.54. The molecule has 0 unspecified atom stereocenters. The molecule has 0 bridgehead atoms. The Hall–Kier alpha value is -2.53. The number of carbonyl (C=O) groups is 1. The zero-order chi connectivity index (χ0) is 18.9. The second kappa shape index (κ2) is 9.97. The third-order valence-corrected chi connectivity index (χ3v) is 4.69. The maximum absolute atomic E-state index is 12.2. The van der Waals surface area contributed by atoms with Gasteiger partial charge in [0.2, 0.25) is 0 Å². The van der Waals surface area contributed by atoms with Crippen molar-refractivity contribution in [1.82, 2.24) is 10.2 Å². The molecule has 0 radical (unpaired) electrons. The van der Waals surface area contributed by atoms with E-state index in [-0.39, 0.29) is 12.5 Å². The average molecular weight is 368 g/mol. The van der Waals surface area contributed by atoms with Crippen LogP contribution in [-0.2, 0) is 17.9 Å². The fourth-order valence-electron chi connectivity index (χ4n) is 3.27. The minimum absolute atomic E-state index is 0.0703.